The topological polar surface area (TPSA) is 128 Å². The van der Waals surface area contributed by atoms with Crippen LogP contribution in [0, 0.1) is 17.2 Å². The minimum Gasteiger partial charge on any atom is -0.456 e. The van der Waals surface area contributed by atoms with Crippen molar-refractivity contribution in [3.63, 3.8) is 0 Å². The Bertz CT molecular complexity index is 1430. The van der Waals surface area contributed by atoms with E-state index >= 15 is 0 Å². The highest BCUT2D eigenvalue weighted by atomic mass is 16.5. The first-order chi connectivity index (χ1) is 16.8. The van der Waals surface area contributed by atoms with E-state index in [4.69, 9.17) is 4.74 Å². The summed E-state index contributed by atoms with van der Waals surface area (Å²) in [5.41, 5.74) is 3.35. The number of aryl methyl sites for hydroxylation is 1. The number of hydrogen-bond acceptors (Lipinski definition) is 8. The average Bonchev–Trinajstić information content (AvgIpc) is 3.62. The Balaban J connectivity index is 1.47. The monoisotopic (exact) mass is 471 g/mol. The molecule has 1 aliphatic carbocycles. The summed E-state index contributed by atoms with van der Waals surface area (Å²) in [5.74, 6) is 1.93. The van der Waals surface area contributed by atoms with Crippen LogP contribution >= 0.6 is 0 Å². The first kappa shape index (κ1) is 22.4. The first-order valence-corrected chi connectivity index (χ1v) is 11.3. The molecular formula is C25H25N7O3. The Morgan fingerprint density at radius 3 is 2.80 bits per heavy atom. The Kier molecular flexibility index (Phi) is 5.62. The van der Waals surface area contributed by atoms with Crippen molar-refractivity contribution in [3.8, 4) is 17.6 Å². The fraction of sp³-hybridized carbons (Fsp3) is 0.280. The Labute approximate surface area is 202 Å². The van der Waals surface area contributed by atoms with Gasteiger partial charge in [-0.3, -0.25) is 4.79 Å². The maximum atomic E-state index is 11.3. The van der Waals surface area contributed by atoms with Crippen molar-refractivity contribution in [1.29, 1.82) is 5.26 Å². The number of nitrogens with one attached hydrogen (secondary N) is 2. The fourth-order valence-electron chi connectivity index (χ4n) is 4.13. The molecule has 0 radical (unpaired) electrons. The van der Waals surface area contributed by atoms with E-state index in [9.17, 15) is 15.2 Å². The largest absolute Gasteiger partial charge is 0.456 e. The predicted octanol–water partition coefficient (Wildman–Crippen LogP) is 3.44. The number of carbonyl (C=O) groups excluding carboxylic acids is 1. The van der Waals surface area contributed by atoms with Crippen LogP contribution in [0.5, 0.6) is 11.5 Å². The van der Waals surface area contributed by atoms with Crippen LogP contribution in [0.15, 0.2) is 54.0 Å². The number of rotatable bonds is 6. The number of aliphatic hydroxyl groups excluding tert-OH is 1. The third-order valence-corrected chi connectivity index (χ3v) is 6.02. The summed E-state index contributed by atoms with van der Waals surface area (Å²) < 4.78 is 7.76. The van der Waals surface area contributed by atoms with Crippen LogP contribution in [-0.4, -0.2) is 43.7 Å². The summed E-state index contributed by atoms with van der Waals surface area (Å²) >= 11 is 0. The van der Waals surface area contributed by atoms with Crippen molar-refractivity contribution in [2.24, 2.45) is 13.0 Å². The molecule has 5 rings (SSSR count). The SMILES string of the molecule is CC(=O)Nc1cc(Oc2ccc3nc(NC4=CC(C5CC5)=CN(C)C4O)n(C)c3c2C#N)ccn1. The predicted molar refractivity (Wildman–Crippen MR) is 130 cm³/mol. The number of nitrogens with zero attached hydrogens (tertiary/aromatic N) is 5. The second kappa shape index (κ2) is 8.77. The van der Waals surface area contributed by atoms with Gasteiger partial charge in [-0.15, -0.1) is 0 Å². The molecule has 10 heteroatoms. The van der Waals surface area contributed by atoms with E-state index < -0.39 is 6.23 Å². The van der Waals surface area contributed by atoms with Gasteiger partial charge in [0.1, 0.15) is 28.9 Å². The molecule has 1 atom stereocenters. The normalized spacial score (nSPS) is 17.5. The maximum absolute atomic E-state index is 11.3. The van der Waals surface area contributed by atoms with Crippen molar-refractivity contribution in [1.82, 2.24) is 19.4 Å². The number of hydrogen-bond donors (Lipinski definition) is 3. The molecule has 10 nitrogen and oxygen atoms in total. The van der Waals surface area contributed by atoms with Crippen molar-refractivity contribution < 1.29 is 14.6 Å². The third-order valence-electron chi connectivity index (χ3n) is 6.02. The molecule has 0 saturated heterocycles. The lowest BCUT2D eigenvalue weighted by Gasteiger charge is -2.29. The van der Waals surface area contributed by atoms with Crippen molar-refractivity contribution >= 4 is 28.7 Å². The molecule has 1 unspecified atom stereocenters. The van der Waals surface area contributed by atoms with Crippen LogP contribution in [-0.2, 0) is 11.8 Å². The molecule has 1 fully saturated rings. The lowest BCUT2D eigenvalue weighted by Crippen LogP contribution is -2.35. The van der Waals surface area contributed by atoms with E-state index in [2.05, 4.69) is 26.7 Å². The molecule has 0 spiro atoms. The quantitative estimate of drug-likeness (QED) is 0.499. The van der Waals surface area contributed by atoms with E-state index in [1.165, 1.54) is 18.7 Å². The number of amides is 1. The van der Waals surface area contributed by atoms with Gasteiger partial charge in [-0.05, 0) is 48.6 Å². The van der Waals surface area contributed by atoms with E-state index in [0.29, 0.717) is 51.5 Å². The third kappa shape index (κ3) is 4.41. The highest BCUT2D eigenvalue weighted by Crippen LogP contribution is 2.40. The number of fused-ring (bicyclic) bond motifs is 1. The number of likely N-dealkylation sites (N-methyl/N-ethyl adjacent to an activating group) is 1. The van der Waals surface area contributed by atoms with Gasteiger partial charge in [0.15, 0.2) is 6.23 Å². The lowest BCUT2D eigenvalue weighted by molar-refractivity contribution is -0.114. The number of anilines is 2. The number of allylic oxidation sites excluding steroid dienone is 2. The number of carbonyl (C=O) groups is 1. The van der Waals surface area contributed by atoms with Crippen LogP contribution in [0.1, 0.15) is 25.3 Å². The number of aromatic nitrogens is 3. The van der Waals surface area contributed by atoms with Crippen LogP contribution in [0.2, 0.25) is 0 Å². The van der Waals surface area contributed by atoms with Gasteiger partial charge in [-0.2, -0.15) is 5.26 Å². The minimum absolute atomic E-state index is 0.243. The van der Waals surface area contributed by atoms with Crippen molar-refractivity contribution in [3.05, 3.63) is 59.6 Å². The summed E-state index contributed by atoms with van der Waals surface area (Å²) in [6, 6.07) is 8.92. The summed E-state index contributed by atoms with van der Waals surface area (Å²) in [7, 11) is 3.64. The van der Waals surface area contributed by atoms with Gasteiger partial charge in [-0.1, -0.05) is 0 Å². The first-order valence-electron chi connectivity index (χ1n) is 11.3. The van der Waals surface area contributed by atoms with Crippen LogP contribution in [0.4, 0.5) is 11.8 Å². The second-order valence-corrected chi connectivity index (χ2v) is 8.74. The summed E-state index contributed by atoms with van der Waals surface area (Å²) in [6.07, 6.45) is 6.97. The zero-order valence-electron chi connectivity index (χ0n) is 19.6. The lowest BCUT2D eigenvalue weighted by atomic mass is 10.1. The second-order valence-electron chi connectivity index (χ2n) is 8.74. The van der Waals surface area contributed by atoms with Gasteiger partial charge in [0.05, 0.1) is 16.7 Å². The van der Waals surface area contributed by atoms with Crippen LogP contribution < -0.4 is 15.4 Å². The number of aliphatic hydroxyl groups is 1. The molecule has 3 N–H and O–H groups in total. The Hall–Kier alpha value is -4.36. The van der Waals surface area contributed by atoms with E-state index in [1.54, 1.807) is 40.8 Å². The molecule has 3 heterocycles. The zero-order valence-corrected chi connectivity index (χ0v) is 19.6. The molecule has 0 bridgehead atoms. The van der Waals surface area contributed by atoms with Gasteiger partial charge in [0.2, 0.25) is 11.9 Å². The smallest absolute Gasteiger partial charge is 0.222 e. The molecule has 1 aliphatic heterocycles. The van der Waals surface area contributed by atoms with E-state index in [0.717, 1.165) is 12.8 Å². The zero-order chi connectivity index (χ0) is 24.7. The molecule has 1 amide bonds. The van der Waals surface area contributed by atoms with Gasteiger partial charge in [-0.25, -0.2) is 9.97 Å². The number of nitriles is 1. The average molecular weight is 472 g/mol. The van der Waals surface area contributed by atoms with E-state index in [-0.39, 0.29) is 5.91 Å². The highest BCUT2D eigenvalue weighted by molar-refractivity contribution is 5.88. The van der Waals surface area contributed by atoms with Gasteiger partial charge in [0.25, 0.3) is 0 Å². The number of ether oxygens (including phenoxy) is 1. The van der Waals surface area contributed by atoms with Crippen molar-refractivity contribution in [2.75, 3.05) is 17.7 Å². The summed E-state index contributed by atoms with van der Waals surface area (Å²) in [6.45, 7) is 1.40. The summed E-state index contributed by atoms with van der Waals surface area (Å²) in [5, 5.41) is 26.5. The fourth-order valence-corrected chi connectivity index (χ4v) is 4.13. The molecule has 2 aromatic heterocycles. The molecular weight excluding hydrogens is 446 g/mol. The van der Waals surface area contributed by atoms with Crippen molar-refractivity contribution in [2.45, 2.75) is 26.0 Å². The van der Waals surface area contributed by atoms with Crippen LogP contribution in [0.3, 0.4) is 0 Å². The number of pyridine rings is 1. The Morgan fingerprint density at radius 2 is 2.09 bits per heavy atom. The molecule has 2 aliphatic rings. The maximum Gasteiger partial charge on any atom is 0.222 e. The number of benzene rings is 1. The number of imidazole rings is 1. The van der Waals surface area contributed by atoms with Crippen LogP contribution in [0.25, 0.3) is 11.0 Å². The Morgan fingerprint density at radius 1 is 1.29 bits per heavy atom. The van der Waals surface area contributed by atoms with Gasteiger partial charge >= 0.3 is 0 Å². The summed E-state index contributed by atoms with van der Waals surface area (Å²) in [4.78, 5) is 21.8. The molecule has 3 aromatic rings. The van der Waals surface area contributed by atoms with E-state index in [1.807, 2.05) is 19.3 Å². The molecule has 178 valence electrons. The molecule has 1 aromatic carbocycles. The van der Waals surface area contributed by atoms with Gasteiger partial charge < -0.3 is 29.9 Å². The minimum atomic E-state index is -0.823. The standard InChI is InChI=1S/C25H25N7O3/c1-14(33)28-22-11-17(8-9-27-22)35-21-7-6-19-23(18(21)12-26)32(3)25(29-19)30-20-10-16(15-4-5-15)13-31(2)24(20)34/h6-11,13,15,24,34H,4-5H2,1-3H3,(H,29,30)(H,27,28,33). The van der Waals surface area contributed by atoms with Gasteiger partial charge in [0, 0.05) is 39.5 Å². The highest BCUT2D eigenvalue weighted by Gasteiger charge is 2.30. The molecule has 35 heavy (non-hydrogen) atoms. The molecule has 1 saturated carbocycles.